The van der Waals surface area contributed by atoms with Crippen LogP contribution >= 0.6 is 0 Å². The Bertz CT molecular complexity index is 729. The second-order valence-electron chi connectivity index (χ2n) is 6.48. The number of nitrogens with one attached hydrogen (secondary N) is 1. The van der Waals surface area contributed by atoms with Gasteiger partial charge in [0.25, 0.3) is 0 Å². The number of urea groups is 1. The van der Waals surface area contributed by atoms with Crippen LogP contribution in [0.4, 0.5) is 9.18 Å². The van der Waals surface area contributed by atoms with E-state index in [9.17, 15) is 17.6 Å². The van der Waals surface area contributed by atoms with Crippen molar-refractivity contribution in [3.63, 3.8) is 0 Å². The molecule has 138 valence electrons. The van der Waals surface area contributed by atoms with Gasteiger partial charge in [0.2, 0.25) is 10.0 Å². The van der Waals surface area contributed by atoms with Gasteiger partial charge < -0.3 is 15.1 Å². The average Bonchev–Trinajstić information content (AvgIpc) is 2.57. The van der Waals surface area contributed by atoms with Gasteiger partial charge in [-0.05, 0) is 18.7 Å². The zero-order chi connectivity index (χ0) is 18.0. The number of carbonyl (C=O) groups excluding carboxylic acids is 1. The van der Waals surface area contributed by atoms with Crippen LogP contribution in [0.1, 0.15) is 5.56 Å². The Morgan fingerprint density at radius 2 is 1.84 bits per heavy atom. The molecule has 1 N–H and O–H groups in total. The monoisotopic (exact) mass is 370 g/mol. The van der Waals surface area contributed by atoms with Crippen molar-refractivity contribution in [3.8, 4) is 0 Å². The third kappa shape index (κ3) is 3.94. The molecule has 0 bridgehead atoms. The standard InChI is InChI=1S/C16H23FN4O3S/c1-19-6-8-21(9-7-19)25(23,24)15-5-3-2-4-13(15)10-18-16(22)20-11-14(17)12-20/h2-5,14H,6-12H2,1H3,(H,18,22). The molecule has 0 aliphatic carbocycles. The summed E-state index contributed by atoms with van der Waals surface area (Å²) in [4.78, 5) is 15.6. The van der Waals surface area contributed by atoms with Crippen molar-refractivity contribution >= 4 is 16.1 Å². The Kier molecular flexibility index (Phi) is 5.26. The van der Waals surface area contributed by atoms with E-state index in [2.05, 4.69) is 10.2 Å². The minimum Gasteiger partial charge on any atom is -0.334 e. The van der Waals surface area contributed by atoms with Crippen molar-refractivity contribution in [1.82, 2.24) is 19.4 Å². The van der Waals surface area contributed by atoms with Crippen molar-refractivity contribution in [2.24, 2.45) is 0 Å². The molecular weight excluding hydrogens is 347 g/mol. The molecule has 9 heteroatoms. The van der Waals surface area contributed by atoms with Gasteiger partial charge in [0.15, 0.2) is 0 Å². The first kappa shape index (κ1) is 18.1. The summed E-state index contributed by atoms with van der Waals surface area (Å²) in [5, 5.41) is 2.67. The Morgan fingerprint density at radius 1 is 1.20 bits per heavy atom. The molecule has 2 aliphatic heterocycles. The summed E-state index contributed by atoms with van der Waals surface area (Å²) in [5.41, 5.74) is 0.534. The van der Waals surface area contributed by atoms with Crippen LogP contribution in [0.2, 0.25) is 0 Å². The highest BCUT2D eigenvalue weighted by molar-refractivity contribution is 7.89. The lowest BCUT2D eigenvalue weighted by molar-refractivity contribution is 0.0896. The number of amides is 2. The van der Waals surface area contributed by atoms with Crippen molar-refractivity contribution in [1.29, 1.82) is 0 Å². The minimum atomic E-state index is -3.60. The van der Waals surface area contributed by atoms with Gasteiger partial charge in [-0.1, -0.05) is 18.2 Å². The summed E-state index contributed by atoms with van der Waals surface area (Å²) in [5.74, 6) is 0. The molecule has 1 aromatic rings. The number of nitrogens with zero attached hydrogens (tertiary/aromatic N) is 3. The van der Waals surface area contributed by atoms with E-state index in [0.29, 0.717) is 31.7 Å². The van der Waals surface area contributed by atoms with E-state index < -0.39 is 16.2 Å². The number of likely N-dealkylation sites (tertiary alicyclic amines) is 1. The molecule has 2 fully saturated rings. The zero-order valence-electron chi connectivity index (χ0n) is 14.2. The van der Waals surface area contributed by atoms with Crippen LogP contribution in [0.15, 0.2) is 29.2 Å². The van der Waals surface area contributed by atoms with E-state index >= 15 is 0 Å². The highest BCUT2D eigenvalue weighted by Crippen LogP contribution is 2.21. The van der Waals surface area contributed by atoms with Gasteiger partial charge in [0.05, 0.1) is 18.0 Å². The predicted octanol–water partition coefficient (Wildman–Crippen LogP) is 0.486. The highest BCUT2D eigenvalue weighted by atomic mass is 32.2. The van der Waals surface area contributed by atoms with Crippen molar-refractivity contribution in [2.45, 2.75) is 17.6 Å². The van der Waals surface area contributed by atoms with Crippen LogP contribution in [-0.4, -0.2) is 81.0 Å². The summed E-state index contributed by atoms with van der Waals surface area (Å²) in [7, 11) is -1.64. The molecule has 2 saturated heterocycles. The molecule has 0 aromatic heterocycles. The molecular formula is C16H23FN4O3S. The van der Waals surface area contributed by atoms with Crippen LogP contribution in [0.25, 0.3) is 0 Å². The maximum Gasteiger partial charge on any atom is 0.317 e. The molecule has 3 rings (SSSR count). The first-order valence-electron chi connectivity index (χ1n) is 8.31. The maximum atomic E-state index is 12.9. The first-order chi connectivity index (χ1) is 11.9. The second kappa shape index (κ2) is 7.27. The Morgan fingerprint density at radius 3 is 2.48 bits per heavy atom. The number of halogens is 1. The van der Waals surface area contributed by atoms with Crippen molar-refractivity contribution in [2.75, 3.05) is 46.3 Å². The van der Waals surface area contributed by atoms with Crippen LogP contribution in [0.3, 0.4) is 0 Å². The van der Waals surface area contributed by atoms with E-state index in [1.54, 1.807) is 24.3 Å². The molecule has 2 heterocycles. The molecule has 1 aromatic carbocycles. The molecule has 0 unspecified atom stereocenters. The first-order valence-corrected chi connectivity index (χ1v) is 9.75. The van der Waals surface area contributed by atoms with Crippen molar-refractivity contribution in [3.05, 3.63) is 29.8 Å². The molecule has 0 atom stereocenters. The van der Waals surface area contributed by atoms with Gasteiger partial charge >= 0.3 is 6.03 Å². The number of piperazine rings is 1. The minimum absolute atomic E-state index is 0.0904. The summed E-state index contributed by atoms with van der Waals surface area (Å²) >= 11 is 0. The average molecular weight is 370 g/mol. The normalized spacial score (nSPS) is 20.3. The molecule has 0 spiro atoms. The van der Waals surface area contributed by atoms with Gasteiger partial charge in [-0.25, -0.2) is 17.6 Å². The molecule has 0 radical (unpaired) electrons. The summed E-state index contributed by atoms with van der Waals surface area (Å²) in [6.07, 6.45) is -0.962. The smallest absolute Gasteiger partial charge is 0.317 e. The number of hydrogen-bond acceptors (Lipinski definition) is 4. The van der Waals surface area contributed by atoms with Crippen LogP contribution in [0.5, 0.6) is 0 Å². The number of hydrogen-bond donors (Lipinski definition) is 1. The molecule has 7 nitrogen and oxygen atoms in total. The van der Waals surface area contributed by atoms with Gasteiger partial charge in [0.1, 0.15) is 6.17 Å². The second-order valence-corrected chi connectivity index (χ2v) is 8.38. The molecule has 25 heavy (non-hydrogen) atoms. The quantitative estimate of drug-likeness (QED) is 0.837. The number of carbonyl (C=O) groups is 1. The van der Waals surface area contributed by atoms with Gasteiger partial charge in [0, 0.05) is 32.7 Å². The van der Waals surface area contributed by atoms with E-state index in [4.69, 9.17) is 0 Å². The third-order valence-corrected chi connectivity index (χ3v) is 6.61. The summed E-state index contributed by atoms with van der Waals surface area (Å²) in [6, 6.07) is 6.30. The van der Waals surface area contributed by atoms with Gasteiger partial charge in [-0.3, -0.25) is 0 Å². The van der Waals surface area contributed by atoms with E-state index in [1.165, 1.54) is 9.21 Å². The van der Waals surface area contributed by atoms with E-state index in [-0.39, 0.29) is 30.6 Å². The number of rotatable bonds is 4. The zero-order valence-corrected chi connectivity index (χ0v) is 15.0. The number of alkyl halides is 1. The molecule has 0 saturated carbocycles. The van der Waals surface area contributed by atoms with Crippen LogP contribution in [-0.2, 0) is 16.6 Å². The van der Waals surface area contributed by atoms with E-state index in [1.807, 2.05) is 7.05 Å². The summed E-state index contributed by atoms with van der Waals surface area (Å²) in [6.45, 7) is 2.56. The topological polar surface area (TPSA) is 73.0 Å². The Balaban J connectivity index is 1.70. The van der Waals surface area contributed by atoms with Crippen LogP contribution < -0.4 is 5.32 Å². The predicted molar refractivity (Wildman–Crippen MR) is 91.4 cm³/mol. The summed E-state index contributed by atoms with van der Waals surface area (Å²) < 4.78 is 40.2. The fourth-order valence-corrected chi connectivity index (χ4v) is 4.59. The molecule has 2 aliphatic rings. The fraction of sp³-hybridized carbons (Fsp3) is 0.562. The highest BCUT2D eigenvalue weighted by Gasteiger charge is 2.31. The third-order valence-electron chi connectivity index (χ3n) is 4.61. The lowest BCUT2D eigenvalue weighted by atomic mass is 10.2. The Hall–Kier alpha value is -1.71. The van der Waals surface area contributed by atoms with Crippen LogP contribution in [0, 0.1) is 0 Å². The van der Waals surface area contributed by atoms with Gasteiger partial charge in [-0.15, -0.1) is 0 Å². The van der Waals surface area contributed by atoms with Gasteiger partial charge in [-0.2, -0.15) is 4.31 Å². The lowest BCUT2D eigenvalue weighted by Gasteiger charge is -2.34. The largest absolute Gasteiger partial charge is 0.334 e. The van der Waals surface area contributed by atoms with E-state index in [0.717, 1.165) is 0 Å². The Labute approximate surface area is 147 Å². The van der Waals surface area contributed by atoms with Crippen molar-refractivity contribution < 1.29 is 17.6 Å². The lowest BCUT2D eigenvalue weighted by Crippen LogP contribution is -2.54. The fourth-order valence-electron chi connectivity index (χ4n) is 2.94. The number of benzene rings is 1. The maximum absolute atomic E-state index is 12.9. The molecule has 2 amide bonds. The number of sulfonamides is 1. The number of likely N-dealkylation sites (N-methyl/N-ethyl adjacent to an activating group) is 1. The SMILES string of the molecule is CN1CCN(S(=O)(=O)c2ccccc2CNC(=O)N2CC(F)C2)CC1.